The van der Waals surface area contributed by atoms with Crippen LogP contribution in [0, 0.1) is 0 Å². The van der Waals surface area contributed by atoms with Gasteiger partial charge in [0.1, 0.15) is 17.4 Å². The van der Waals surface area contributed by atoms with Crippen LogP contribution in [0.3, 0.4) is 0 Å². The quantitative estimate of drug-likeness (QED) is 0.723. The van der Waals surface area contributed by atoms with Crippen molar-refractivity contribution in [3.63, 3.8) is 0 Å². The van der Waals surface area contributed by atoms with E-state index in [1.165, 1.54) is 6.42 Å². The number of nitrogens with two attached hydrogens (primary N) is 1. The number of ether oxygens (including phenoxy) is 1. The summed E-state index contributed by atoms with van der Waals surface area (Å²) < 4.78 is 5.19. The van der Waals surface area contributed by atoms with E-state index in [-0.39, 0.29) is 24.1 Å². The molecular formula is C20H24N6O3. The van der Waals surface area contributed by atoms with E-state index in [4.69, 9.17) is 10.5 Å². The molecule has 2 aliphatic heterocycles. The molecule has 4 rings (SSSR count). The first-order valence-corrected chi connectivity index (χ1v) is 9.72. The number of nitrogen functional groups attached to an aromatic ring is 1. The molecule has 2 aromatic rings. The summed E-state index contributed by atoms with van der Waals surface area (Å²) in [7, 11) is 1.56. The number of carbonyl (C=O) groups excluding carboxylic acids is 2. The molecule has 1 atom stereocenters. The van der Waals surface area contributed by atoms with Crippen LogP contribution >= 0.6 is 0 Å². The summed E-state index contributed by atoms with van der Waals surface area (Å²) in [5.74, 6) is 0.289. The summed E-state index contributed by atoms with van der Waals surface area (Å²) in [6.45, 7) is 1.71. The Balaban J connectivity index is 1.62. The van der Waals surface area contributed by atoms with E-state index in [9.17, 15) is 9.59 Å². The number of benzene rings is 1. The van der Waals surface area contributed by atoms with Gasteiger partial charge in [0.15, 0.2) is 0 Å². The number of methoxy groups -OCH3 is 1. The third-order valence-electron chi connectivity index (χ3n) is 5.25. The van der Waals surface area contributed by atoms with Crippen LogP contribution in [0.2, 0.25) is 0 Å². The van der Waals surface area contributed by atoms with Gasteiger partial charge in [-0.1, -0.05) is 6.07 Å². The summed E-state index contributed by atoms with van der Waals surface area (Å²) in [5.41, 5.74) is 7.27. The van der Waals surface area contributed by atoms with Crippen molar-refractivity contribution in [2.24, 2.45) is 0 Å². The fraction of sp³-hybridized carbons (Fsp3) is 0.400. The van der Waals surface area contributed by atoms with Gasteiger partial charge in [-0.2, -0.15) is 9.97 Å². The molecule has 0 spiro atoms. The molecule has 0 aliphatic carbocycles. The Labute approximate surface area is 168 Å². The Hall–Kier alpha value is -3.36. The third kappa shape index (κ3) is 3.94. The molecule has 1 aromatic heterocycles. The lowest BCUT2D eigenvalue weighted by atomic mass is 9.92. The van der Waals surface area contributed by atoms with E-state index in [1.54, 1.807) is 31.4 Å². The zero-order valence-corrected chi connectivity index (χ0v) is 16.3. The molecule has 9 nitrogen and oxygen atoms in total. The molecule has 1 fully saturated rings. The minimum absolute atomic E-state index is 0.0145. The van der Waals surface area contributed by atoms with Crippen LogP contribution in [0.15, 0.2) is 24.3 Å². The molecule has 3 heterocycles. The van der Waals surface area contributed by atoms with Gasteiger partial charge in [0.25, 0.3) is 0 Å². The summed E-state index contributed by atoms with van der Waals surface area (Å²) >= 11 is 0. The normalized spacial score (nSPS) is 18.6. The summed E-state index contributed by atoms with van der Waals surface area (Å²) in [6, 6.07) is 7.02. The Morgan fingerprint density at radius 1 is 1.28 bits per heavy atom. The highest BCUT2D eigenvalue weighted by Crippen LogP contribution is 2.37. The van der Waals surface area contributed by atoms with Gasteiger partial charge in [-0.3, -0.25) is 9.59 Å². The number of hydrogen-bond donors (Lipinski definition) is 3. The molecule has 152 valence electrons. The maximum atomic E-state index is 13.0. The lowest BCUT2D eigenvalue weighted by molar-refractivity contribution is -0.123. The van der Waals surface area contributed by atoms with Crippen LogP contribution in [0.25, 0.3) is 0 Å². The molecule has 1 saturated heterocycles. The smallest absolute Gasteiger partial charge is 0.232 e. The first-order chi connectivity index (χ1) is 14.0. The largest absolute Gasteiger partial charge is 0.497 e. The minimum Gasteiger partial charge on any atom is -0.497 e. The minimum atomic E-state index is -0.764. The molecular weight excluding hydrogens is 372 g/mol. The maximum absolute atomic E-state index is 13.0. The molecule has 1 unspecified atom stereocenters. The van der Waals surface area contributed by atoms with E-state index >= 15 is 0 Å². The second-order valence-corrected chi connectivity index (χ2v) is 7.24. The Bertz CT molecular complexity index is 942. The van der Waals surface area contributed by atoms with Crippen LogP contribution in [0.5, 0.6) is 5.75 Å². The molecule has 29 heavy (non-hydrogen) atoms. The summed E-state index contributed by atoms with van der Waals surface area (Å²) in [5, 5.41) is 5.58. The van der Waals surface area contributed by atoms with Gasteiger partial charge >= 0.3 is 0 Å². The highest BCUT2D eigenvalue weighted by atomic mass is 16.5. The van der Waals surface area contributed by atoms with Gasteiger partial charge in [0.05, 0.1) is 18.6 Å². The molecule has 2 amide bonds. The Kier molecular flexibility index (Phi) is 5.20. The van der Waals surface area contributed by atoms with Crippen LogP contribution in [-0.4, -0.2) is 42.0 Å². The average Bonchev–Trinajstić information content (AvgIpc) is 2.73. The predicted octanol–water partition coefficient (Wildman–Crippen LogP) is 2.12. The maximum Gasteiger partial charge on any atom is 0.232 e. The molecule has 2 aliphatic rings. The van der Waals surface area contributed by atoms with Gasteiger partial charge < -0.3 is 26.0 Å². The zero-order valence-electron chi connectivity index (χ0n) is 16.3. The second-order valence-electron chi connectivity index (χ2n) is 7.24. The molecule has 0 radical (unpaired) electrons. The van der Waals surface area contributed by atoms with Crippen molar-refractivity contribution >= 4 is 35.1 Å². The highest BCUT2D eigenvalue weighted by molar-refractivity contribution is 6.05. The number of nitrogens with one attached hydrogen (secondary N) is 2. The van der Waals surface area contributed by atoms with Crippen molar-refractivity contribution < 1.29 is 14.3 Å². The van der Waals surface area contributed by atoms with Gasteiger partial charge in [-0.25, -0.2) is 0 Å². The summed E-state index contributed by atoms with van der Waals surface area (Å²) in [4.78, 5) is 36.3. The number of hydrogen-bond acceptors (Lipinski definition) is 7. The van der Waals surface area contributed by atoms with E-state index < -0.39 is 5.92 Å². The number of nitrogens with zero attached hydrogens (tertiary/aromatic N) is 3. The number of carbonyl (C=O) groups is 2. The Morgan fingerprint density at radius 2 is 2.07 bits per heavy atom. The van der Waals surface area contributed by atoms with Crippen LogP contribution < -0.4 is 26.0 Å². The van der Waals surface area contributed by atoms with E-state index in [0.717, 1.165) is 25.9 Å². The first kappa shape index (κ1) is 19.0. The monoisotopic (exact) mass is 396 g/mol. The van der Waals surface area contributed by atoms with Crippen molar-refractivity contribution in [1.82, 2.24) is 9.97 Å². The SMILES string of the molecule is COc1cccc(NC(=O)C2CC(=O)Nc3nc(N4CCCCC4)nc(N)c32)c1. The Morgan fingerprint density at radius 3 is 2.83 bits per heavy atom. The van der Waals surface area contributed by atoms with Gasteiger partial charge in [0.2, 0.25) is 17.8 Å². The second kappa shape index (κ2) is 7.94. The lowest BCUT2D eigenvalue weighted by Gasteiger charge is -2.30. The van der Waals surface area contributed by atoms with E-state index in [2.05, 4.69) is 25.5 Å². The van der Waals surface area contributed by atoms with Gasteiger partial charge in [0, 0.05) is 31.3 Å². The van der Waals surface area contributed by atoms with E-state index in [1.807, 2.05) is 0 Å². The van der Waals surface area contributed by atoms with Crippen LogP contribution in [0.4, 0.5) is 23.3 Å². The third-order valence-corrected chi connectivity index (χ3v) is 5.25. The summed E-state index contributed by atoms with van der Waals surface area (Å²) in [6.07, 6.45) is 3.30. The van der Waals surface area contributed by atoms with Crippen molar-refractivity contribution in [2.75, 3.05) is 41.5 Å². The molecule has 0 saturated carbocycles. The molecule has 1 aromatic carbocycles. The van der Waals surface area contributed by atoms with Crippen molar-refractivity contribution in [3.05, 3.63) is 29.8 Å². The van der Waals surface area contributed by atoms with Crippen molar-refractivity contribution in [2.45, 2.75) is 31.6 Å². The molecule has 9 heteroatoms. The topological polar surface area (TPSA) is 122 Å². The van der Waals surface area contributed by atoms with Gasteiger partial charge in [-0.15, -0.1) is 0 Å². The fourth-order valence-electron chi connectivity index (χ4n) is 3.77. The van der Waals surface area contributed by atoms with Crippen LogP contribution in [-0.2, 0) is 9.59 Å². The van der Waals surface area contributed by atoms with E-state index in [0.29, 0.717) is 28.8 Å². The highest BCUT2D eigenvalue weighted by Gasteiger charge is 2.35. The number of rotatable bonds is 4. The number of aromatic nitrogens is 2. The zero-order chi connectivity index (χ0) is 20.4. The van der Waals surface area contributed by atoms with Crippen molar-refractivity contribution in [1.29, 1.82) is 0 Å². The van der Waals surface area contributed by atoms with Gasteiger partial charge in [-0.05, 0) is 31.4 Å². The average molecular weight is 396 g/mol. The van der Waals surface area contributed by atoms with Crippen LogP contribution in [0.1, 0.15) is 37.2 Å². The number of piperidine rings is 1. The lowest BCUT2D eigenvalue weighted by Crippen LogP contribution is -2.35. The molecule has 4 N–H and O–H groups in total. The predicted molar refractivity (Wildman–Crippen MR) is 110 cm³/mol. The molecule has 0 bridgehead atoms. The fourth-order valence-corrected chi connectivity index (χ4v) is 3.77. The standard InChI is InChI=1S/C20H24N6O3/c1-29-13-7-5-6-12(10-13)22-19(28)14-11-15(27)23-18-16(14)17(21)24-20(25-18)26-8-3-2-4-9-26/h5-7,10,14H,2-4,8-9,11H2,1H3,(H,22,28)(H3,21,23,24,25,27). The number of fused-ring (bicyclic) bond motifs is 1. The first-order valence-electron chi connectivity index (χ1n) is 9.72. The number of anilines is 4. The van der Waals surface area contributed by atoms with Crippen molar-refractivity contribution in [3.8, 4) is 5.75 Å². The number of amides is 2.